The van der Waals surface area contributed by atoms with Crippen molar-refractivity contribution in [1.82, 2.24) is 19.5 Å². The molecule has 2 saturated heterocycles. The number of fused-ring (bicyclic) bond motifs is 1. The number of benzene rings is 3. The van der Waals surface area contributed by atoms with Crippen molar-refractivity contribution in [2.75, 3.05) is 39.3 Å². The quantitative estimate of drug-likeness (QED) is 0.215. The van der Waals surface area contributed by atoms with Crippen molar-refractivity contribution in [3.8, 4) is 0 Å². The van der Waals surface area contributed by atoms with Crippen LogP contribution in [0.3, 0.4) is 0 Å². The van der Waals surface area contributed by atoms with Gasteiger partial charge in [0, 0.05) is 49.6 Å². The van der Waals surface area contributed by atoms with Crippen LogP contribution in [-0.2, 0) is 25.2 Å². The van der Waals surface area contributed by atoms with Crippen LogP contribution in [0, 0.1) is 0 Å². The molecule has 2 aliphatic heterocycles. The van der Waals surface area contributed by atoms with E-state index in [1.165, 1.54) is 18.9 Å². The summed E-state index contributed by atoms with van der Waals surface area (Å²) >= 11 is 0. The van der Waals surface area contributed by atoms with Gasteiger partial charge in [-0.15, -0.1) is 0 Å². The Morgan fingerprint density at radius 2 is 1.67 bits per heavy atom. The molecule has 0 aliphatic carbocycles. The number of aromatic nitrogens is 1. The van der Waals surface area contributed by atoms with Crippen LogP contribution in [0.25, 0.3) is 10.8 Å². The third-order valence-electron chi connectivity index (χ3n) is 9.31. The number of nitrogens with zero attached hydrogens (tertiary/aromatic N) is 3. The number of pyridine rings is 1. The Morgan fingerprint density at radius 3 is 2.39 bits per heavy atom. The van der Waals surface area contributed by atoms with Gasteiger partial charge in [0.05, 0.1) is 23.1 Å². The Morgan fingerprint density at radius 1 is 0.935 bits per heavy atom. The Hall–Kier alpha value is -3.96. The summed E-state index contributed by atoms with van der Waals surface area (Å²) in [6.45, 7) is 4.66. The molecule has 46 heavy (non-hydrogen) atoms. The van der Waals surface area contributed by atoms with Crippen LogP contribution in [0.2, 0.25) is 0 Å². The van der Waals surface area contributed by atoms with Gasteiger partial charge in [-0.05, 0) is 67.2 Å². The van der Waals surface area contributed by atoms with Gasteiger partial charge in [0.25, 0.3) is 0 Å². The Labute approximate surface area is 270 Å². The molecule has 1 aromatic heterocycles. The maximum Gasteiger partial charge on any atom is 0.241 e. The molecule has 1 amide bonds. The minimum atomic E-state index is -4.17. The number of carbonyl (C=O) groups excluding carboxylic acids is 2. The predicted octanol–water partition coefficient (Wildman–Crippen LogP) is 5.09. The van der Waals surface area contributed by atoms with Crippen LogP contribution in [0.4, 0.5) is 0 Å². The first-order valence-corrected chi connectivity index (χ1v) is 17.5. The van der Waals surface area contributed by atoms with Crippen molar-refractivity contribution in [3.05, 3.63) is 108 Å². The number of amides is 1. The lowest BCUT2D eigenvalue weighted by atomic mass is 9.84. The Kier molecular flexibility index (Phi) is 9.89. The van der Waals surface area contributed by atoms with Crippen molar-refractivity contribution < 1.29 is 22.7 Å². The van der Waals surface area contributed by atoms with Gasteiger partial charge in [0.1, 0.15) is 0 Å². The average Bonchev–Trinajstić information content (AvgIpc) is 3.62. The van der Waals surface area contributed by atoms with Gasteiger partial charge in [-0.2, -0.15) is 0 Å². The van der Waals surface area contributed by atoms with E-state index >= 15 is 0 Å². The highest BCUT2D eigenvalue weighted by Crippen LogP contribution is 2.37. The number of likely N-dealkylation sites (tertiary alicyclic amines) is 2. The molecule has 0 radical (unpaired) electrons. The molecule has 0 saturated carbocycles. The normalized spacial score (nSPS) is 17.6. The highest BCUT2D eigenvalue weighted by atomic mass is 32.2. The van der Waals surface area contributed by atoms with E-state index in [1.807, 2.05) is 48.7 Å². The van der Waals surface area contributed by atoms with E-state index in [2.05, 4.69) is 14.6 Å². The second-order valence-corrected chi connectivity index (χ2v) is 13.8. The first-order valence-electron chi connectivity index (χ1n) is 16.0. The number of piperidine rings is 1. The van der Waals surface area contributed by atoms with Gasteiger partial charge in [0.2, 0.25) is 15.9 Å². The number of carbonyl (C=O) groups is 2. The molecule has 240 valence electrons. The van der Waals surface area contributed by atoms with Crippen LogP contribution in [0.5, 0.6) is 0 Å². The third kappa shape index (κ3) is 7.05. The molecule has 1 N–H and O–H groups in total. The largest absolute Gasteiger partial charge is 0.369 e. The Bertz CT molecular complexity index is 1750. The van der Waals surface area contributed by atoms with Gasteiger partial charge in [-0.1, -0.05) is 66.7 Å². The molecule has 2 fully saturated rings. The summed E-state index contributed by atoms with van der Waals surface area (Å²) < 4.78 is 37.0. The number of ether oxygens (including phenoxy) is 1. The fraction of sp³-hybridized carbons (Fsp3) is 0.361. The van der Waals surface area contributed by atoms with Crippen LogP contribution < -0.4 is 4.72 Å². The van der Waals surface area contributed by atoms with E-state index < -0.39 is 21.7 Å². The highest BCUT2D eigenvalue weighted by molar-refractivity contribution is 7.89. The molecular weight excluding hydrogens is 600 g/mol. The van der Waals surface area contributed by atoms with Crippen molar-refractivity contribution >= 4 is 33.0 Å². The molecule has 1 atom stereocenters. The summed E-state index contributed by atoms with van der Waals surface area (Å²) in [5.41, 5.74) is 1.24. The zero-order chi connectivity index (χ0) is 32.0. The fourth-order valence-corrected chi connectivity index (χ4v) is 8.16. The van der Waals surface area contributed by atoms with E-state index in [9.17, 15) is 18.0 Å². The summed E-state index contributed by atoms with van der Waals surface area (Å²) in [5, 5.41) is 1.33. The fourth-order valence-electron chi connectivity index (χ4n) is 6.74. The summed E-state index contributed by atoms with van der Waals surface area (Å²) in [6.07, 6.45) is 7.81. The molecule has 6 rings (SSSR count). The molecule has 2 aliphatic rings. The van der Waals surface area contributed by atoms with Gasteiger partial charge < -0.3 is 14.5 Å². The van der Waals surface area contributed by atoms with Crippen LogP contribution in [0.1, 0.15) is 59.6 Å². The van der Waals surface area contributed by atoms with Crippen LogP contribution in [-0.4, -0.2) is 74.7 Å². The number of hydrogen-bond acceptors (Lipinski definition) is 7. The first-order chi connectivity index (χ1) is 22.4. The highest BCUT2D eigenvalue weighted by Gasteiger charge is 2.39. The molecule has 9 nitrogen and oxygen atoms in total. The molecule has 4 aromatic rings. The zero-order valence-electron chi connectivity index (χ0n) is 25.9. The van der Waals surface area contributed by atoms with Crippen molar-refractivity contribution in [2.24, 2.45) is 0 Å². The first kappa shape index (κ1) is 32.0. The van der Waals surface area contributed by atoms with E-state index in [0.29, 0.717) is 49.8 Å². The summed E-state index contributed by atoms with van der Waals surface area (Å²) in [5.74, 6) is -0.150. The van der Waals surface area contributed by atoms with Crippen LogP contribution in [0.15, 0.2) is 96.2 Å². The van der Waals surface area contributed by atoms with Gasteiger partial charge in [-0.25, -0.2) is 13.1 Å². The van der Waals surface area contributed by atoms with Crippen molar-refractivity contribution in [3.63, 3.8) is 0 Å². The maximum atomic E-state index is 13.8. The van der Waals surface area contributed by atoms with Gasteiger partial charge in [0.15, 0.2) is 6.29 Å². The van der Waals surface area contributed by atoms with Crippen molar-refractivity contribution in [2.45, 2.75) is 48.6 Å². The minimum Gasteiger partial charge on any atom is -0.369 e. The van der Waals surface area contributed by atoms with E-state index in [0.717, 1.165) is 30.6 Å². The molecule has 3 aromatic carbocycles. The summed E-state index contributed by atoms with van der Waals surface area (Å²) in [6, 6.07) is 22.5. The van der Waals surface area contributed by atoms with Gasteiger partial charge >= 0.3 is 0 Å². The lowest BCUT2D eigenvalue weighted by Crippen LogP contribution is -2.48. The number of sulfonamides is 1. The van der Waals surface area contributed by atoms with Gasteiger partial charge in [-0.3, -0.25) is 14.6 Å². The zero-order valence-corrected chi connectivity index (χ0v) is 26.7. The Balaban J connectivity index is 1.18. The number of hydrogen-bond donors (Lipinski definition) is 1. The molecule has 0 spiro atoms. The van der Waals surface area contributed by atoms with E-state index in [1.54, 1.807) is 41.4 Å². The number of rotatable bonds is 12. The molecule has 1 unspecified atom stereocenters. The second kappa shape index (κ2) is 14.2. The smallest absolute Gasteiger partial charge is 0.241 e. The third-order valence-corrected chi connectivity index (χ3v) is 10.8. The van der Waals surface area contributed by atoms with E-state index in [4.69, 9.17) is 4.74 Å². The predicted molar refractivity (Wildman–Crippen MR) is 177 cm³/mol. The maximum absolute atomic E-state index is 13.8. The summed E-state index contributed by atoms with van der Waals surface area (Å²) in [4.78, 5) is 34.4. The molecule has 10 heteroatoms. The number of aldehydes is 1. The van der Waals surface area contributed by atoms with Crippen LogP contribution >= 0.6 is 0 Å². The molecular formula is C36H40N4O5S. The lowest BCUT2D eigenvalue weighted by molar-refractivity contribution is -0.140. The van der Waals surface area contributed by atoms with Crippen molar-refractivity contribution in [1.29, 1.82) is 0 Å². The SMILES string of the molecule is O=Cc1c(S(=O)(=O)NC(CC(=O)N2CCC(OCCN3CCCC3)(c3cccnc3)CC2)c2ccccc2)ccc2ccccc12. The second-order valence-electron chi connectivity index (χ2n) is 12.1. The topological polar surface area (TPSA) is 109 Å². The molecule has 3 heterocycles. The lowest BCUT2D eigenvalue weighted by Gasteiger charge is -2.42. The van der Waals surface area contributed by atoms with E-state index in [-0.39, 0.29) is 22.8 Å². The minimum absolute atomic E-state index is 0.0665. The standard InChI is InChI=1S/C36H40N4O5S/c41-27-32-31-13-5-4-9-28(31)14-15-34(32)46(43,44)38-33(29-10-2-1-3-11-29)25-35(42)40-21-16-36(17-22-40,30-12-8-18-37-26-30)45-24-23-39-19-6-7-20-39/h1-5,8-15,18,26-27,33,38H,6-7,16-17,19-25H2. The summed E-state index contributed by atoms with van der Waals surface area (Å²) in [7, 11) is -4.17. The molecule has 0 bridgehead atoms. The number of nitrogens with one attached hydrogen (secondary N) is 1. The average molecular weight is 641 g/mol. The monoisotopic (exact) mass is 640 g/mol.